The Morgan fingerprint density at radius 3 is 2.14 bits per heavy atom. The minimum absolute atomic E-state index is 0.00326. The predicted octanol–water partition coefficient (Wildman–Crippen LogP) is 4.95. The van der Waals surface area contributed by atoms with E-state index in [1.54, 1.807) is 0 Å². The zero-order valence-corrected chi connectivity index (χ0v) is 20.8. The van der Waals surface area contributed by atoms with Crippen molar-refractivity contribution in [2.45, 2.75) is 58.4 Å². The Hall–Kier alpha value is -3.35. The molecule has 0 bridgehead atoms. The largest absolute Gasteiger partial charge is 0.481 e. The zero-order valence-electron chi connectivity index (χ0n) is 20.8. The van der Waals surface area contributed by atoms with Gasteiger partial charge in [-0.3, -0.25) is 9.59 Å². The van der Waals surface area contributed by atoms with Crippen molar-refractivity contribution >= 4 is 18.0 Å². The first-order chi connectivity index (χ1) is 16.8. The quantitative estimate of drug-likeness (QED) is 0.399. The third kappa shape index (κ3) is 7.07. The Bertz CT molecular complexity index is 990. The standard InChI is InChI=1S/C28H36N2O5/c1-4-9-25(27(33)29-16-19(14-18(2)3)15-26(31)32)30-28(34)35-17-24-22-12-7-5-10-20(22)21-11-6-8-13-23(21)24/h5-8,10-13,18-19,24-25H,4,9,14-17H2,1-3H3,(H,29,33)(H,30,34)(H,31,32)/t19?,25-/m0/s1. The van der Waals surface area contributed by atoms with E-state index in [0.717, 1.165) is 22.3 Å². The summed E-state index contributed by atoms with van der Waals surface area (Å²) in [6, 6.07) is 15.5. The molecule has 7 nitrogen and oxygen atoms in total. The van der Waals surface area contributed by atoms with Crippen molar-refractivity contribution in [1.29, 1.82) is 0 Å². The number of alkyl carbamates (subject to hydrolysis) is 1. The van der Waals surface area contributed by atoms with Crippen LogP contribution in [0.25, 0.3) is 11.1 Å². The number of amides is 2. The highest BCUT2D eigenvalue weighted by atomic mass is 16.5. The maximum Gasteiger partial charge on any atom is 0.407 e. The van der Waals surface area contributed by atoms with Gasteiger partial charge >= 0.3 is 12.1 Å². The van der Waals surface area contributed by atoms with Gasteiger partial charge in [-0.15, -0.1) is 0 Å². The van der Waals surface area contributed by atoms with Crippen LogP contribution in [0.15, 0.2) is 48.5 Å². The summed E-state index contributed by atoms with van der Waals surface area (Å²) in [7, 11) is 0. The molecule has 2 aromatic carbocycles. The van der Waals surface area contributed by atoms with Gasteiger partial charge in [-0.1, -0.05) is 75.7 Å². The van der Waals surface area contributed by atoms with Crippen LogP contribution in [0.1, 0.15) is 63.5 Å². The minimum atomic E-state index is -0.883. The summed E-state index contributed by atoms with van der Waals surface area (Å²) in [5.41, 5.74) is 4.55. The Morgan fingerprint density at radius 1 is 1.00 bits per heavy atom. The van der Waals surface area contributed by atoms with Crippen LogP contribution in [-0.2, 0) is 14.3 Å². The number of nitrogens with one attached hydrogen (secondary N) is 2. The molecule has 0 radical (unpaired) electrons. The minimum Gasteiger partial charge on any atom is -0.481 e. The molecule has 3 N–H and O–H groups in total. The molecule has 0 aromatic heterocycles. The number of rotatable bonds is 12. The average Bonchev–Trinajstić information content (AvgIpc) is 3.14. The molecule has 2 aromatic rings. The molecular weight excluding hydrogens is 444 g/mol. The van der Waals surface area contributed by atoms with Gasteiger partial charge in [-0.05, 0) is 46.9 Å². The summed E-state index contributed by atoms with van der Waals surface area (Å²) in [5, 5.41) is 14.7. The molecule has 35 heavy (non-hydrogen) atoms. The molecule has 188 valence electrons. The number of benzene rings is 2. The molecule has 0 saturated heterocycles. The van der Waals surface area contributed by atoms with Gasteiger partial charge in [0.05, 0.1) is 0 Å². The number of carboxylic acids is 1. The van der Waals surface area contributed by atoms with Crippen molar-refractivity contribution in [3.05, 3.63) is 59.7 Å². The molecule has 1 unspecified atom stereocenters. The predicted molar refractivity (Wildman–Crippen MR) is 135 cm³/mol. The van der Waals surface area contributed by atoms with Gasteiger partial charge < -0.3 is 20.5 Å². The summed E-state index contributed by atoms with van der Waals surface area (Å²) in [6.45, 7) is 6.42. The lowest BCUT2D eigenvalue weighted by atomic mass is 9.94. The highest BCUT2D eigenvalue weighted by molar-refractivity contribution is 5.85. The molecule has 1 aliphatic rings. The number of carboxylic acid groups (broad SMARTS) is 1. The molecule has 2 amide bonds. The van der Waals surface area contributed by atoms with E-state index in [1.165, 1.54) is 0 Å². The molecule has 1 aliphatic carbocycles. The second-order valence-electron chi connectivity index (χ2n) is 9.65. The lowest BCUT2D eigenvalue weighted by molar-refractivity contribution is -0.138. The van der Waals surface area contributed by atoms with Crippen molar-refractivity contribution in [3.63, 3.8) is 0 Å². The van der Waals surface area contributed by atoms with Gasteiger partial charge in [0.15, 0.2) is 0 Å². The van der Waals surface area contributed by atoms with Gasteiger partial charge in [0, 0.05) is 18.9 Å². The monoisotopic (exact) mass is 480 g/mol. The normalized spacial score (nSPS) is 14.1. The van der Waals surface area contributed by atoms with Crippen LogP contribution in [0.3, 0.4) is 0 Å². The second kappa shape index (κ2) is 12.4. The summed E-state index contributed by atoms with van der Waals surface area (Å²) in [6.07, 6.45) is 1.22. The smallest absolute Gasteiger partial charge is 0.407 e. The number of carbonyl (C=O) groups is 3. The van der Waals surface area contributed by atoms with Crippen LogP contribution in [0.5, 0.6) is 0 Å². The lowest BCUT2D eigenvalue weighted by Crippen LogP contribution is -2.48. The maximum absolute atomic E-state index is 12.8. The fourth-order valence-electron chi connectivity index (χ4n) is 4.86. The van der Waals surface area contributed by atoms with Crippen LogP contribution in [0.4, 0.5) is 4.79 Å². The van der Waals surface area contributed by atoms with Crippen LogP contribution in [0.2, 0.25) is 0 Å². The molecule has 7 heteroatoms. The van der Waals surface area contributed by atoms with Crippen LogP contribution >= 0.6 is 0 Å². The van der Waals surface area contributed by atoms with Crippen molar-refractivity contribution < 1.29 is 24.2 Å². The molecular formula is C28H36N2O5. The molecule has 0 heterocycles. The van der Waals surface area contributed by atoms with Crippen molar-refractivity contribution in [2.75, 3.05) is 13.2 Å². The van der Waals surface area contributed by atoms with Crippen LogP contribution in [0, 0.1) is 11.8 Å². The van der Waals surface area contributed by atoms with Gasteiger partial charge in [-0.2, -0.15) is 0 Å². The Labute approximate surface area is 207 Å². The third-order valence-electron chi connectivity index (χ3n) is 6.36. The molecule has 0 aliphatic heterocycles. The van der Waals surface area contributed by atoms with E-state index >= 15 is 0 Å². The molecule has 0 saturated carbocycles. The zero-order chi connectivity index (χ0) is 25.4. The first kappa shape index (κ1) is 26.3. The highest BCUT2D eigenvalue weighted by Gasteiger charge is 2.30. The maximum atomic E-state index is 12.8. The van der Waals surface area contributed by atoms with Crippen LogP contribution < -0.4 is 10.6 Å². The Balaban J connectivity index is 1.58. The molecule has 3 rings (SSSR count). The van der Waals surface area contributed by atoms with Gasteiger partial charge in [-0.25, -0.2) is 4.79 Å². The Kier molecular flexibility index (Phi) is 9.29. The van der Waals surface area contributed by atoms with Crippen molar-refractivity contribution in [2.24, 2.45) is 11.8 Å². The highest BCUT2D eigenvalue weighted by Crippen LogP contribution is 2.44. The van der Waals surface area contributed by atoms with E-state index < -0.39 is 18.1 Å². The average molecular weight is 481 g/mol. The fraction of sp³-hybridized carbons (Fsp3) is 0.464. The molecule has 2 atom stereocenters. The first-order valence-electron chi connectivity index (χ1n) is 12.4. The number of carbonyl (C=O) groups excluding carboxylic acids is 2. The molecule has 0 spiro atoms. The first-order valence-corrected chi connectivity index (χ1v) is 12.4. The van der Waals surface area contributed by atoms with Crippen LogP contribution in [-0.4, -0.2) is 42.3 Å². The summed E-state index contributed by atoms with van der Waals surface area (Å²) >= 11 is 0. The van der Waals surface area contributed by atoms with E-state index in [1.807, 2.05) is 45.0 Å². The summed E-state index contributed by atoms with van der Waals surface area (Å²) in [4.78, 5) is 36.6. The number of aliphatic carboxylic acids is 1. The van der Waals surface area contributed by atoms with Crippen molar-refractivity contribution in [1.82, 2.24) is 10.6 Å². The SMILES string of the molecule is CCC[C@H](NC(=O)OCC1c2ccccc2-c2ccccc21)C(=O)NCC(CC(=O)O)CC(C)C. The van der Waals surface area contributed by atoms with Crippen molar-refractivity contribution in [3.8, 4) is 11.1 Å². The lowest BCUT2D eigenvalue weighted by Gasteiger charge is -2.22. The van der Waals surface area contributed by atoms with E-state index in [0.29, 0.717) is 25.2 Å². The number of ether oxygens (including phenoxy) is 1. The van der Waals surface area contributed by atoms with Gasteiger partial charge in [0.25, 0.3) is 0 Å². The van der Waals surface area contributed by atoms with E-state index in [-0.39, 0.29) is 37.3 Å². The third-order valence-corrected chi connectivity index (χ3v) is 6.36. The molecule has 0 fully saturated rings. The van der Waals surface area contributed by atoms with E-state index in [2.05, 4.69) is 34.9 Å². The number of fused-ring (bicyclic) bond motifs is 3. The van der Waals surface area contributed by atoms with Gasteiger partial charge in [0.1, 0.15) is 12.6 Å². The summed E-state index contributed by atoms with van der Waals surface area (Å²) < 4.78 is 5.59. The van der Waals surface area contributed by atoms with E-state index in [4.69, 9.17) is 9.84 Å². The topological polar surface area (TPSA) is 105 Å². The van der Waals surface area contributed by atoms with E-state index in [9.17, 15) is 14.4 Å². The summed E-state index contributed by atoms with van der Waals surface area (Å²) in [5.74, 6) is -1.10. The Morgan fingerprint density at radius 2 is 1.60 bits per heavy atom. The fourth-order valence-corrected chi connectivity index (χ4v) is 4.86. The second-order valence-corrected chi connectivity index (χ2v) is 9.65. The number of hydrogen-bond acceptors (Lipinski definition) is 4. The number of hydrogen-bond donors (Lipinski definition) is 3. The van der Waals surface area contributed by atoms with Gasteiger partial charge in [0.2, 0.25) is 5.91 Å².